The van der Waals surface area contributed by atoms with Crippen molar-refractivity contribution in [3.63, 3.8) is 0 Å². The van der Waals surface area contributed by atoms with Gasteiger partial charge >= 0.3 is 0 Å². The molecule has 130 valence electrons. The molecule has 0 N–H and O–H groups in total. The number of hydrogen-bond acceptors (Lipinski definition) is 5. The van der Waals surface area contributed by atoms with Crippen LogP contribution in [0.25, 0.3) is 21.8 Å². The number of methoxy groups -OCH3 is 1. The molecule has 0 saturated carbocycles. The van der Waals surface area contributed by atoms with Gasteiger partial charge in [0.1, 0.15) is 10.8 Å². The van der Waals surface area contributed by atoms with Crippen LogP contribution >= 0.6 is 11.3 Å². The Morgan fingerprint density at radius 3 is 2.16 bits per heavy atom. The molecule has 5 nitrogen and oxygen atoms in total. The molecule has 0 radical (unpaired) electrons. The Bertz CT molecular complexity index is 962. The Balaban J connectivity index is 1.84. The third-order valence-electron chi connectivity index (χ3n) is 3.87. The zero-order valence-corrected chi connectivity index (χ0v) is 15.8. The van der Waals surface area contributed by atoms with Crippen molar-refractivity contribution in [3.8, 4) is 27.6 Å². The summed E-state index contributed by atoms with van der Waals surface area (Å²) in [5.41, 5.74) is 3.47. The molecule has 3 aromatic rings. The van der Waals surface area contributed by atoms with Crippen LogP contribution in [-0.4, -0.2) is 33.8 Å². The smallest absolute Gasteiger partial charge is 0.231 e. The molecule has 1 aromatic heterocycles. The lowest BCUT2D eigenvalue weighted by atomic mass is 10.1. The molecule has 0 fully saturated rings. The first-order valence-electron chi connectivity index (χ1n) is 7.53. The van der Waals surface area contributed by atoms with E-state index in [9.17, 15) is 8.42 Å². The molecule has 0 bridgehead atoms. The summed E-state index contributed by atoms with van der Waals surface area (Å²) < 4.78 is 29.6. The molecule has 3 rings (SSSR count). The fraction of sp³-hybridized carbons (Fsp3) is 0.167. The van der Waals surface area contributed by atoms with Gasteiger partial charge in [-0.3, -0.25) is 4.31 Å². The molecule has 0 aliphatic carbocycles. The lowest BCUT2D eigenvalue weighted by molar-refractivity contribution is 0.415. The van der Waals surface area contributed by atoms with E-state index in [0.29, 0.717) is 5.69 Å². The predicted octanol–water partition coefficient (Wildman–Crippen LogP) is 3.88. The van der Waals surface area contributed by atoms with Crippen LogP contribution in [0.15, 0.2) is 53.9 Å². The second-order valence-electron chi connectivity index (χ2n) is 5.54. The Morgan fingerprint density at radius 1 is 1.00 bits per heavy atom. The van der Waals surface area contributed by atoms with E-state index >= 15 is 0 Å². The standard InChI is InChI=1S/C18H18N2O3S2/c1-20(25(3,21)22)15-8-4-13(5-9-15)17-12-24-18(19-17)14-6-10-16(23-2)11-7-14/h4-12H,1-3H3. The van der Waals surface area contributed by atoms with E-state index < -0.39 is 10.0 Å². The maximum absolute atomic E-state index is 11.6. The summed E-state index contributed by atoms with van der Waals surface area (Å²) >= 11 is 1.57. The van der Waals surface area contributed by atoms with E-state index in [4.69, 9.17) is 4.74 Å². The van der Waals surface area contributed by atoms with Crippen molar-refractivity contribution in [2.24, 2.45) is 0 Å². The van der Waals surface area contributed by atoms with Crippen molar-refractivity contribution in [1.29, 1.82) is 0 Å². The zero-order valence-electron chi connectivity index (χ0n) is 14.1. The van der Waals surface area contributed by atoms with Gasteiger partial charge in [-0.15, -0.1) is 11.3 Å². The van der Waals surface area contributed by atoms with Gasteiger partial charge in [-0.1, -0.05) is 12.1 Å². The second kappa shape index (κ2) is 6.85. The number of thiazole rings is 1. The summed E-state index contributed by atoms with van der Waals surface area (Å²) in [5, 5.41) is 2.92. The van der Waals surface area contributed by atoms with E-state index in [1.54, 1.807) is 30.6 Å². The van der Waals surface area contributed by atoms with Gasteiger partial charge in [-0.05, 0) is 36.4 Å². The number of ether oxygens (including phenoxy) is 1. The molecule has 0 aliphatic heterocycles. The van der Waals surface area contributed by atoms with Crippen LogP contribution in [0.2, 0.25) is 0 Å². The van der Waals surface area contributed by atoms with E-state index in [1.165, 1.54) is 17.6 Å². The van der Waals surface area contributed by atoms with Crippen molar-refractivity contribution < 1.29 is 13.2 Å². The zero-order chi connectivity index (χ0) is 18.0. The molecular weight excluding hydrogens is 356 g/mol. The largest absolute Gasteiger partial charge is 0.497 e. The van der Waals surface area contributed by atoms with Gasteiger partial charge in [0, 0.05) is 23.6 Å². The average Bonchev–Trinajstić information content (AvgIpc) is 3.10. The van der Waals surface area contributed by atoms with Crippen LogP contribution in [0.1, 0.15) is 0 Å². The van der Waals surface area contributed by atoms with E-state index in [-0.39, 0.29) is 0 Å². The van der Waals surface area contributed by atoms with Gasteiger partial charge in [0.05, 0.1) is 24.7 Å². The summed E-state index contributed by atoms with van der Waals surface area (Å²) in [6.07, 6.45) is 1.18. The molecule has 0 unspecified atom stereocenters. The molecule has 0 spiro atoms. The Hall–Kier alpha value is -2.38. The van der Waals surface area contributed by atoms with Crippen molar-refractivity contribution >= 4 is 27.0 Å². The number of hydrogen-bond donors (Lipinski definition) is 0. The molecule has 0 saturated heterocycles. The summed E-state index contributed by atoms with van der Waals surface area (Å²) in [4.78, 5) is 4.68. The first-order chi connectivity index (χ1) is 11.9. The van der Waals surface area contributed by atoms with Crippen LogP contribution in [0.3, 0.4) is 0 Å². The molecule has 0 amide bonds. The minimum absolute atomic E-state index is 0.622. The Morgan fingerprint density at radius 2 is 1.60 bits per heavy atom. The fourth-order valence-corrected chi connectivity index (χ4v) is 3.65. The highest BCUT2D eigenvalue weighted by atomic mass is 32.2. The van der Waals surface area contributed by atoms with Crippen LogP contribution in [0.5, 0.6) is 5.75 Å². The Labute approximate surface area is 151 Å². The second-order valence-corrected chi connectivity index (χ2v) is 8.42. The van der Waals surface area contributed by atoms with Gasteiger partial charge in [-0.2, -0.15) is 0 Å². The average molecular weight is 374 g/mol. The van der Waals surface area contributed by atoms with Crippen LogP contribution < -0.4 is 9.04 Å². The number of anilines is 1. The van der Waals surface area contributed by atoms with Gasteiger partial charge in [0.25, 0.3) is 0 Å². The highest BCUT2D eigenvalue weighted by Gasteiger charge is 2.12. The SMILES string of the molecule is COc1ccc(-c2nc(-c3ccc(N(C)S(C)(=O)=O)cc3)cs2)cc1. The van der Waals surface area contributed by atoms with Crippen molar-refractivity contribution in [1.82, 2.24) is 4.98 Å². The predicted molar refractivity (Wildman–Crippen MR) is 103 cm³/mol. The van der Waals surface area contributed by atoms with Crippen LogP contribution in [0.4, 0.5) is 5.69 Å². The van der Waals surface area contributed by atoms with Crippen molar-refractivity contribution in [3.05, 3.63) is 53.9 Å². The molecule has 2 aromatic carbocycles. The normalized spacial score (nSPS) is 11.3. The first kappa shape index (κ1) is 17.4. The quantitative estimate of drug-likeness (QED) is 0.680. The molecule has 1 heterocycles. The molecule has 0 aliphatic rings. The maximum Gasteiger partial charge on any atom is 0.231 e. The number of aromatic nitrogens is 1. The number of sulfonamides is 1. The summed E-state index contributed by atoms with van der Waals surface area (Å²) in [5.74, 6) is 0.811. The third kappa shape index (κ3) is 3.83. The van der Waals surface area contributed by atoms with Crippen LogP contribution in [0, 0.1) is 0 Å². The topological polar surface area (TPSA) is 59.5 Å². The summed E-state index contributed by atoms with van der Waals surface area (Å²) in [7, 11) is -0.0846. The number of nitrogens with zero attached hydrogens (tertiary/aromatic N) is 2. The van der Waals surface area contributed by atoms with E-state index in [1.807, 2.05) is 41.8 Å². The van der Waals surface area contributed by atoms with Gasteiger partial charge < -0.3 is 4.74 Å². The fourth-order valence-electron chi connectivity index (χ4n) is 2.31. The first-order valence-corrected chi connectivity index (χ1v) is 10.3. The molecule has 25 heavy (non-hydrogen) atoms. The molecule has 7 heteroatoms. The number of rotatable bonds is 5. The minimum Gasteiger partial charge on any atom is -0.497 e. The third-order valence-corrected chi connectivity index (χ3v) is 5.96. The van der Waals surface area contributed by atoms with Gasteiger partial charge in [0.2, 0.25) is 10.0 Å². The van der Waals surface area contributed by atoms with Gasteiger partial charge in [-0.25, -0.2) is 13.4 Å². The van der Waals surface area contributed by atoms with Crippen molar-refractivity contribution in [2.75, 3.05) is 24.7 Å². The Kier molecular flexibility index (Phi) is 4.78. The monoisotopic (exact) mass is 374 g/mol. The van der Waals surface area contributed by atoms with Crippen LogP contribution in [-0.2, 0) is 10.0 Å². The summed E-state index contributed by atoms with van der Waals surface area (Å²) in [6.45, 7) is 0. The minimum atomic E-state index is -3.26. The maximum atomic E-state index is 11.6. The van der Waals surface area contributed by atoms with E-state index in [0.717, 1.165) is 27.6 Å². The van der Waals surface area contributed by atoms with E-state index in [2.05, 4.69) is 4.98 Å². The highest BCUT2D eigenvalue weighted by Crippen LogP contribution is 2.30. The summed E-state index contributed by atoms with van der Waals surface area (Å²) in [6, 6.07) is 15.1. The number of benzene rings is 2. The highest BCUT2D eigenvalue weighted by molar-refractivity contribution is 7.92. The molecule has 0 atom stereocenters. The van der Waals surface area contributed by atoms with Gasteiger partial charge in [0.15, 0.2) is 0 Å². The molecular formula is C18H18N2O3S2. The van der Waals surface area contributed by atoms with Crippen molar-refractivity contribution in [2.45, 2.75) is 0 Å². The lowest BCUT2D eigenvalue weighted by Crippen LogP contribution is -2.24. The lowest BCUT2D eigenvalue weighted by Gasteiger charge is -2.16.